The van der Waals surface area contributed by atoms with Gasteiger partial charge in [-0.25, -0.2) is 4.39 Å². The highest BCUT2D eigenvalue weighted by atomic mass is 32.2. The van der Waals surface area contributed by atoms with Gasteiger partial charge in [-0.15, -0.1) is 0 Å². The van der Waals surface area contributed by atoms with Gasteiger partial charge in [-0.3, -0.25) is 4.79 Å². The van der Waals surface area contributed by atoms with Crippen LogP contribution in [0.4, 0.5) is 10.1 Å². The van der Waals surface area contributed by atoms with Gasteiger partial charge in [0.2, 0.25) is 5.91 Å². The minimum Gasteiger partial charge on any atom is -0.370 e. The van der Waals surface area contributed by atoms with Crippen LogP contribution in [0, 0.1) is 11.2 Å². The van der Waals surface area contributed by atoms with E-state index in [0.717, 1.165) is 17.9 Å². The first kappa shape index (κ1) is 14.2. The van der Waals surface area contributed by atoms with E-state index in [0.29, 0.717) is 5.75 Å². The van der Waals surface area contributed by atoms with E-state index in [4.69, 9.17) is 5.73 Å². The number of carbonyl (C=O) groups excluding carboxylic acids is 1. The van der Waals surface area contributed by atoms with Crippen LogP contribution in [0.15, 0.2) is 24.3 Å². The Hall–Kier alpha value is -1.23. The van der Waals surface area contributed by atoms with Crippen LogP contribution < -0.4 is 11.1 Å². The third kappa shape index (κ3) is 2.56. The zero-order valence-corrected chi connectivity index (χ0v) is 12.0. The molecule has 1 heterocycles. The van der Waals surface area contributed by atoms with Crippen LogP contribution in [0.3, 0.4) is 0 Å². The van der Waals surface area contributed by atoms with Gasteiger partial charge in [0.15, 0.2) is 0 Å². The third-order valence-corrected chi connectivity index (χ3v) is 5.10. The van der Waals surface area contributed by atoms with E-state index < -0.39 is 5.54 Å². The number of primary amides is 1. The van der Waals surface area contributed by atoms with Gasteiger partial charge in [0.1, 0.15) is 11.4 Å². The number of halogens is 1. The average molecular weight is 282 g/mol. The van der Waals surface area contributed by atoms with Crippen molar-refractivity contribution in [1.29, 1.82) is 0 Å². The van der Waals surface area contributed by atoms with Crippen LogP contribution in [-0.2, 0) is 4.79 Å². The fourth-order valence-electron chi connectivity index (χ4n) is 2.41. The highest BCUT2D eigenvalue weighted by Crippen LogP contribution is 2.44. The molecule has 1 amide bonds. The second-order valence-corrected chi connectivity index (χ2v) is 6.69. The summed E-state index contributed by atoms with van der Waals surface area (Å²) in [6.07, 6.45) is 0.912. The van der Waals surface area contributed by atoms with Crippen molar-refractivity contribution in [3.63, 3.8) is 0 Å². The minimum atomic E-state index is -0.798. The number of benzene rings is 1. The van der Waals surface area contributed by atoms with Crippen LogP contribution in [0.25, 0.3) is 0 Å². The molecule has 1 unspecified atom stereocenters. The Bertz CT molecular complexity index is 475. The molecule has 19 heavy (non-hydrogen) atoms. The number of thioether (sulfide) groups is 1. The largest absolute Gasteiger partial charge is 0.370 e. The second kappa shape index (κ2) is 5.04. The van der Waals surface area contributed by atoms with Gasteiger partial charge < -0.3 is 11.1 Å². The van der Waals surface area contributed by atoms with Crippen molar-refractivity contribution >= 4 is 23.4 Å². The maximum absolute atomic E-state index is 12.9. The first-order valence-electron chi connectivity index (χ1n) is 6.29. The van der Waals surface area contributed by atoms with Crippen molar-refractivity contribution in [1.82, 2.24) is 0 Å². The zero-order valence-electron chi connectivity index (χ0n) is 11.2. The molecule has 0 bridgehead atoms. The molecule has 0 aliphatic carbocycles. The van der Waals surface area contributed by atoms with E-state index >= 15 is 0 Å². The molecule has 1 aliphatic heterocycles. The summed E-state index contributed by atoms with van der Waals surface area (Å²) in [7, 11) is 0. The fourth-order valence-corrected chi connectivity index (χ4v) is 4.12. The molecule has 0 radical (unpaired) electrons. The summed E-state index contributed by atoms with van der Waals surface area (Å²) < 4.78 is 12.9. The fraction of sp³-hybridized carbons (Fsp3) is 0.500. The lowest BCUT2D eigenvalue weighted by Crippen LogP contribution is -2.63. The third-order valence-electron chi connectivity index (χ3n) is 3.97. The van der Waals surface area contributed by atoms with Crippen LogP contribution in [-0.4, -0.2) is 23.0 Å². The summed E-state index contributed by atoms with van der Waals surface area (Å²) in [5, 5.41) is 3.25. The highest BCUT2D eigenvalue weighted by molar-refractivity contribution is 7.99. The second-order valence-electron chi connectivity index (χ2n) is 5.59. The van der Waals surface area contributed by atoms with Crippen LogP contribution in [0.1, 0.15) is 20.3 Å². The Kier molecular flexibility index (Phi) is 3.76. The molecule has 1 atom stereocenters. The number of hydrogen-bond donors (Lipinski definition) is 2. The summed E-state index contributed by atoms with van der Waals surface area (Å²) in [5.74, 6) is 1.00. The topological polar surface area (TPSA) is 55.1 Å². The number of carbonyl (C=O) groups is 1. The molecule has 0 aromatic heterocycles. The van der Waals surface area contributed by atoms with Crippen molar-refractivity contribution in [2.24, 2.45) is 11.1 Å². The highest BCUT2D eigenvalue weighted by Gasteiger charge is 2.51. The number of hydrogen-bond acceptors (Lipinski definition) is 3. The molecule has 0 saturated carbocycles. The van der Waals surface area contributed by atoms with E-state index in [-0.39, 0.29) is 17.1 Å². The maximum atomic E-state index is 12.9. The first-order valence-corrected chi connectivity index (χ1v) is 7.44. The van der Waals surface area contributed by atoms with E-state index in [9.17, 15) is 9.18 Å². The van der Waals surface area contributed by atoms with E-state index in [1.54, 1.807) is 23.9 Å². The molecule has 1 aromatic carbocycles. The van der Waals surface area contributed by atoms with Crippen LogP contribution >= 0.6 is 11.8 Å². The lowest BCUT2D eigenvalue weighted by atomic mass is 9.70. The molecular formula is C14H19FN2OS. The molecule has 104 valence electrons. The zero-order chi connectivity index (χ0) is 14.1. The summed E-state index contributed by atoms with van der Waals surface area (Å²) in [4.78, 5) is 12.0. The van der Waals surface area contributed by atoms with Crippen molar-refractivity contribution in [3.8, 4) is 0 Å². The van der Waals surface area contributed by atoms with Crippen LogP contribution in [0.5, 0.6) is 0 Å². The molecule has 3 nitrogen and oxygen atoms in total. The quantitative estimate of drug-likeness (QED) is 0.896. The smallest absolute Gasteiger partial charge is 0.244 e. The van der Waals surface area contributed by atoms with Crippen molar-refractivity contribution < 1.29 is 9.18 Å². The van der Waals surface area contributed by atoms with Gasteiger partial charge in [0.25, 0.3) is 0 Å². The van der Waals surface area contributed by atoms with E-state index in [2.05, 4.69) is 5.32 Å². The van der Waals surface area contributed by atoms with Crippen LogP contribution in [0.2, 0.25) is 0 Å². The Morgan fingerprint density at radius 1 is 1.37 bits per heavy atom. The molecule has 5 heteroatoms. The maximum Gasteiger partial charge on any atom is 0.244 e. The minimum absolute atomic E-state index is 0.238. The molecule has 2 rings (SSSR count). The Morgan fingerprint density at radius 3 is 2.53 bits per heavy atom. The van der Waals surface area contributed by atoms with Gasteiger partial charge >= 0.3 is 0 Å². The standard InChI is InChI=1S/C14H19FN2OS/c1-13(2)7-8-19-9-14(13,12(16)18)17-11-5-3-10(15)4-6-11/h3-6,17H,7-9H2,1-2H3,(H2,16,18). The predicted molar refractivity (Wildman–Crippen MR) is 77.7 cm³/mol. The van der Waals surface area contributed by atoms with E-state index in [1.165, 1.54) is 12.1 Å². The molecule has 1 aromatic rings. The average Bonchev–Trinajstić information content (AvgIpc) is 2.34. The molecular weight excluding hydrogens is 263 g/mol. The van der Waals surface area contributed by atoms with Gasteiger partial charge in [-0.2, -0.15) is 11.8 Å². The summed E-state index contributed by atoms with van der Waals surface area (Å²) in [6.45, 7) is 4.10. The lowest BCUT2D eigenvalue weighted by molar-refractivity contribution is -0.125. The molecule has 3 N–H and O–H groups in total. The Labute approximate surface area is 117 Å². The normalized spacial score (nSPS) is 25.8. The van der Waals surface area contributed by atoms with Crippen molar-refractivity contribution in [2.45, 2.75) is 25.8 Å². The van der Waals surface area contributed by atoms with Crippen molar-refractivity contribution in [2.75, 3.05) is 16.8 Å². The lowest BCUT2D eigenvalue weighted by Gasteiger charge is -2.48. The molecule has 1 saturated heterocycles. The number of rotatable bonds is 3. The predicted octanol–water partition coefficient (Wildman–Crippen LogP) is 2.62. The van der Waals surface area contributed by atoms with Gasteiger partial charge in [-0.05, 0) is 41.9 Å². The van der Waals surface area contributed by atoms with Crippen molar-refractivity contribution in [3.05, 3.63) is 30.1 Å². The SMILES string of the molecule is CC1(C)CCSCC1(Nc1ccc(F)cc1)C(N)=O. The summed E-state index contributed by atoms with van der Waals surface area (Å²) in [5.41, 5.74) is 5.35. The van der Waals surface area contributed by atoms with Gasteiger partial charge in [-0.1, -0.05) is 13.8 Å². The Balaban J connectivity index is 2.34. The molecule has 0 spiro atoms. The number of amides is 1. The summed E-state index contributed by atoms with van der Waals surface area (Å²) >= 11 is 1.72. The van der Waals surface area contributed by atoms with Gasteiger partial charge in [0.05, 0.1) is 0 Å². The number of anilines is 1. The van der Waals surface area contributed by atoms with E-state index in [1.807, 2.05) is 13.8 Å². The Morgan fingerprint density at radius 2 is 2.00 bits per heavy atom. The first-order chi connectivity index (χ1) is 8.87. The number of nitrogens with one attached hydrogen (secondary N) is 1. The number of nitrogens with two attached hydrogens (primary N) is 1. The molecule has 1 aliphatic rings. The monoisotopic (exact) mass is 282 g/mol. The van der Waals surface area contributed by atoms with Gasteiger partial charge in [0, 0.05) is 11.4 Å². The summed E-state index contributed by atoms with van der Waals surface area (Å²) in [6, 6.07) is 6.02. The molecule has 1 fully saturated rings.